The largest absolute Gasteiger partial charge is 0.465 e. The lowest BCUT2D eigenvalue weighted by atomic mass is 10.0. The summed E-state index contributed by atoms with van der Waals surface area (Å²) < 4.78 is 5.23. The van der Waals surface area contributed by atoms with Gasteiger partial charge in [0, 0.05) is 11.1 Å². The minimum Gasteiger partial charge on any atom is -0.465 e. The van der Waals surface area contributed by atoms with Crippen LogP contribution in [0.4, 0.5) is 0 Å². The summed E-state index contributed by atoms with van der Waals surface area (Å²) in [6, 6.07) is 8.12. The Labute approximate surface area is 120 Å². The average molecular weight is 271 g/mol. The summed E-state index contributed by atoms with van der Waals surface area (Å²) in [7, 11) is 0. The van der Waals surface area contributed by atoms with E-state index < -0.39 is 0 Å². The molecule has 0 N–H and O–H groups in total. The summed E-state index contributed by atoms with van der Waals surface area (Å²) in [5.41, 5.74) is 3.99. The fraction of sp³-hybridized carbons (Fsp3) is 0.412. The van der Waals surface area contributed by atoms with Gasteiger partial charge in [0.15, 0.2) is 0 Å². The number of pyridine rings is 1. The number of aromatic nitrogens is 1. The van der Waals surface area contributed by atoms with Crippen molar-refractivity contribution in [3.63, 3.8) is 0 Å². The molecule has 0 unspecified atom stereocenters. The maximum Gasteiger partial charge on any atom is 0.310 e. The Morgan fingerprint density at radius 1 is 1.30 bits per heavy atom. The van der Waals surface area contributed by atoms with Crippen LogP contribution in [-0.4, -0.2) is 17.6 Å². The van der Waals surface area contributed by atoms with E-state index in [-0.39, 0.29) is 12.4 Å². The number of hydrogen-bond acceptors (Lipinski definition) is 3. The van der Waals surface area contributed by atoms with Gasteiger partial charge in [-0.2, -0.15) is 0 Å². The van der Waals surface area contributed by atoms with Crippen molar-refractivity contribution >= 4 is 16.9 Å². The minimum atomic E-state index is -0.185. The van der Waals surface area contributed by atoms with Crippen LogP contribution in [0, 0.1) is 19.8 Å². The molecule has 0 aliphatic rings. The Kier molecular flexibility index (Phi) is 4.38. The van der Waals surface area contributed by atoms with Crippen molar-refractivity contribution in [2.75, 3.05) is 6.61 Å². The number of benzene rings is 1. The highest BCUT2D eigenvalue weighted by Crippen LogP contribution is 2.20. The lowest BCUT2D eigenvalue weighted by Gasteiger charge is -2.10. The minimum absolute atomic E-state index is 0.185. The quantitative estimate of drug-likeness (QED) is 0.798. The van der Waals surface area contributed by atoms with Gasteiger partial charge in [0.05, 0.1) is 18.5 Å². The summed E-state index contributed by atoms with van der Waals surface area (Å²) in [5.74, 6) is 0.174. The van der Waals surface area contributed by atoms with E-state index in [0.717, 1.165) is 27.7 Å². The number of hydrogen-bond donors (Lipinski definition) is 0. The highest BCUT2D eigenvalue weighted by atomic mass is 16.5. The number of fused-ring (bicyclic) bond motifs is 1. The number of carbonyl (C=O) groups excluding carboxylic acids is 1. The van der Waals surface area contributed by atoms with Crippen LogP contribution in [0.1, 0.15) is 30.7 Å². The fourth-order valence-corrected chi connectivity index (χ4v) is 2.13. The predicted molar refractivity (Wildman–Crippen MR) is 80.7 cm³/mol. The van der Waals surface area contributed by atoms with Gasteiger partial charge in [-0.15, -0.1) is 0 Å². The first kappa shape index (κ1) is 14.5. The molecule has 0 aliphatic carbocycles. The van der Waals surface area contributed by atoms with Crippen molar-refractivity contribution in [1.82, 2.24) is 4.98 Å². The summed E-state index contributed by atoms with van der Waals surface area (Å²) in [5, 5.41) is 1.07. The lowest BCUT2D eigenvalue weighted by Crippen LogP contribution is -2.13. The van der Waals surface area contributed by atoms with E-state index in [1.165, 1.54) is 0 Å². The van der Waals surface area contributed by atoms with Crippen molar-refractivity contribution in [3.05, 3.63) is 41.1 Å². The maximum atomic E-state index is 11.8. The van der Waals surface area contributed by atoms with Gasteiger partial charge in [0.2, 0.25) is 0 Å². The molecule has 106 valence electrons. The fourth-order valence-electron chi connectivity index (χ4n) is 2.13. The van der Waals surface area contributed by atoms with Crippen LogP contribution in [0.25, 0.3) is 10.9 Å². The van der Waals surface area contributed by atoms with E-state index in [0.29, 0.717) is 12.5 Å². The van der Waals surface area contributed by atoms with E-state index >= 15 is 0 Å². The molecule has 3 heteroatoms. The molecule has 0 aliphatic heterocycles. The summed E-state index contributed by atoms with van der Waals surface area (Å²) in [6.07, 6.45) is 0.287. The van der Waals surface area contributed by atoms with Gasteiger partial charge in [0.25, 0.3) is 0 Å². The Hall–Kier alpha value is -1.90. The SMILES string of the molecule is Cc1nc2c(C)cccc2cc1CC(=O)OCC(C)C. The number of rotatable bonds is 4. The first-order valence-electron chi connectivity index (χ1n) is 6.99. The molecule has 0 saturated carbocycles. The number of ether oxygens (including phenoxy) is 1. The second-order valence-electron chi connectivity index (χ2n) is 5.63. The van der Waals surface area contributed by atoms with Crippen molar-refractivity contribution < 1.29 is 9.53 Å². The predicted octanol–water partition coefficient (Wildman–Crippen LogP) is 3.59. The molecule has 0 atom stereocenters. The van der Waals surface area contributed by atoms with E-state index in [4.69, 9.17) is 4.74 Å². The molecule has 1 aromatic carbocycles. The van der Waals surface area contributed by atoms with Crippen LogP contribution >= 0.6 is 0 Å². The van der Waals surface area contributed by atoms with Crippen molar-refractivity contribution in [1.29, 1.82) is 0 Å². The molecule has 1 aromatic heterocycles. The zero-order valence-corrected chi connectivity index (χ0v) is 12.6. The summed E-state index contributed by atoms with van der Waals surface area (Å²) in [4.78, 5) is 16.4. The number of para-hydroxylation sites is 1. The van der Waals surface area contributed by atoms with E-state index in [1.807, 2.05) is 52.0 Å². The zero-order valence-electron chi connectivity index (χ0n) is 12.6. The van der Waals surface area contributed by atoms with Crippen molar-refractivity contribution in [3.8, 4) is 0 Å². The van der Waals surface area contributed by atoms with E-state index in [9.17, 15) is 4.79 Å². The van der Waals surface area contributed by atoms with Gasteiger partial charge in [-0.3, -0.25) is 9.78 Å². The molecule has 0 fully saturated rings. The molecule has 1 heterocycles. The molecular formula is C17H21NO2. The highest BCUT2D eigenvalue weighted by molar-refractivity contribution is 5.84. The molecule has 0 spiro atoms. The number of nitrogens with zero attached hydrogens (tertiary/aromatic N) is 1. The molecule has 0 bridgehead atoms. The number of esters is 1. The Balaban J connectivity index is 2.22. The highest BCUT2D eigenvalue weighted by Gasteiger charge is 2.11. The van der Waals surface area contributed by atoms with Crippen LogP contribution in [0.5, 0.6) is 0 Å². The zero-order chi connectivity index (χ0) is 14.7. The van der Waals surface area contributed by atoms with Crippen LogP contribution in [0.2, 0.25) is 0 Å². The van der Waals surface area contributed by atoms with Gasteiger partial charge in [-0.05, 0) is 37.0 Å². The standard InChI is InChI=1S/C17H21NO2/c1-11(2)10-20-16(19)9-15-8-14-7-5-6-12(3)17(14)18-13(15)4/h5-8,11H,9-10H2,1-4H3. The Morgan fingerprint density at radius 3 is 2.75 bits per heavy atom. The van der Waals surface area contributed by atoms with Crippen LogP contribution in [0.3, 0.4) is 0 Å². The van der Waals surface area contributed by atoms with Gasteiger partial charge in [-0.1, -0.05) is 32.0 Å². The van der Waals surface area contributed by atoms with E-state index in [1.54, 1.807) is 0 Å². The second-order valence-corrected chi connectivity index (χ2v) is 5.63. The monoisotopic (exact) mass is 271 g/mol. The normalized spacial score (nSPS) is 11.1. The topological polar surface area (TPSA) is 39.2 Å². The third kappa shape index (κ3) is 3.35. The smallest absolute Gasteiger partial charge is 0.310 e. The molecule has 2 rings (SSSR count). The maximum absolute atomic E-state index is 11.8. The Morgan fingerprint density at radius 2 is 2.05 bits per heavy atom. The third-order valence-electron chi connectivity index (χ3n) is 3.26. The lowest BCUT2D eigenvalue weighted by molar-refractivity contribution is -0.143. The van der Waals surface area contributed by atoms with Crippen LogP contribution < -0.4 is 0 Å². The molecule has 0 radical (unpaired) electrons. The van der Waals surface area contributed by atoms with Gasteiger partial charge in [0.1, 0.15) is 0 Å². The molecule has 3 nitrogen and oxygen atoms in total. The summed E-state index contributed by atoms with van der Waals surface area (Å²) in [6.45, 7) is 8.51. The van der Waals surface area contributed by atoms with Gasteiger partial charge in [-0.25, -0.2) is 0 Å². The first-order valence-corrected chi connectivity index (χ1v) is 6.99. The number of aryl methyl sites for hydroxylation is 2. The van der Waals surface area contributed by atoms with Crippen molar-refractivity contribution in [2.45, 2.75) is 34.1 Å². The average Bonchev–Trinajstić information content (AvgIpc) is 2.38. The molecule has 20 heavy (non-hydrogen) atoms. The molecule has 0 amide bonds. The van der Waals surface area contributed by atoms with Crippen molar-refractivity contribution in [2.24, 2.45) is 5.92 Å². The third-order valence-corrected chi connectivity index (χ3v) is 3.26. The first-order chi connectivity index (χ1) is 9.47. The van der Waals surface area contributed by atoms with Gasteiger partial charge >= 0.3 is 5.97 Å². The van der Waals surface area contributed by atoms with Crippen LogP contribution in [-0.2, 0) is 16.0 Å². The van der Waals surface area contributed by atoms with Crippen LogP contribution in [0.15, 0.2) is 24.3 Å². The summed E-state index contributed by atoms with van der Waals surface area (Å²) >= 11 is 0. The van der Waals surface area contributed by atoms with Gasteiger partial charge < -0.3 is 4.74 Å². The molecule has 0 saturated heterocycles. The second kappa shape index (κ2) is 6.04. The molecule has 2 aromatic rings. The van der Waals surface area contributed by atoms with E-state index in [2.05, 4.69) is 4.98 Å². The molecular weight excluding hydrogens is 250 g/mol. The number of carbonyl (C=O) groups is 1. The Bertz CT molecular complexity index is 632.